The Morgan fingerprint density at radius 2 is 1.88 bits per heavy atom. The Morgan fingerprint density at radius 1 is 1.06 bits per heavy atom. The van der Waals surface area contributed by atoms with Crippen molar-refractivity contribution in [3.63, 3.8) is 0 Å². The first-order valence-corrected chi connectivity index (χ1v) is 9.84. The van der Waals surface area contributed by atoms with Gasteiger partial charge in [0.05, 0.1) is 23.3 Å². The van der Waals surface area contributed by atoms with Crippen LogP contribution in [0.2, 0.25) is 0 Å². The molecule has 0 aliphatic carbocycles. The zero-order chi connectivity index (χ0) is 22.1. The normalized spacial score (nSPS) is 21.0. The van der Waals surface area contributed by atoms with Gasteiger partial charge >= 0.3 is 6.18 Å². The fourth-order valence-corrected chi connectivity index (χ4v) is 4.54. The third-order valence-electron chi connectivity index (χ3n) is 6.00. The van der Waals surface area contributed by atoms with Crippen LogP contribution in [0, 0.1) is 0 Å². The number of alkyl halides is 3. The molecule has 0 bridgehead atoms. The van der Waals surface area contributed by atoms with Crippen molar-refractivity contribution in [1.82, 2.24) is 4.98 Å². The molecule has 7 nitrogen and oxygen atoms in total. The number of ether oxygens (including phenoxy) is 3. The minimum absolute atomic E-state index is 0.0304. The Hall–Kier alpha value is -3.69. The zero-order valence-corrected chi connectivity index (χ0v) is 16.4. The van der Waals surface area contributed by atoms with Crippen LogP contribution in [0.5, 0.6) is 17.2 Å². The maximum absolute atomic E-state index is 13.3. The van der Waals surface area contributed by atoms with Crippen molar-refractivity contribution in [2.24, 2.45) is 0 Å². The number of aromatic nitrogens is 1. The first-order chi connectivity index (χ1) is 15.3. The van der Waals surface area contributed by atoms with Crippen LogP contribution in [0.15, 0.2) is 47.0 Å². The van der Waals surface area contributed by atoms with E-state index in [1.807, 2.05) is 6.07 Å². The quantitative estimate of drug-likeness (QED) is 0.594. The van der Waals surface area contributed by atoms with Gasteiger partial charge in [0.25, 0.3) is 0 Å². The number of fused-ring (bicyclic) bond motifs is 5. The SMILES string of the molecule is O=C1CC2(COc3cc4c(cc32)OCO4)c2ncccc2N1Cc1ccc(C(F)(F)F)o1. The molecule has 10 heteroatoms. The van der Waals surface area contributed by atoms with E-state index in [-0.39, 0.29) is 38.0 Å². The van der Waals surface area contributed by atoms with E-state index in [1.165, 1.54) is 11.0 Å². The lowest BCUT2D eigenvalue weighted by Crippen LogP contribution is -2.46. The predicted octanol–water partition coefficient (Wildman–Crippen LogP) is 4.04. The molecule has 3 aliphatic rings. The molecule has 0 fully saturated rings. The van der Waals surface area contributed by atoms with Crippen LogP contribution in [-0.4, -0.2) is 24.3 Å². The van der Waals surface area contributed by atoms with E-state index < -0.39 is 17.4 Å². The molecular weight excluding hydrogens is 429 g/mol. The number of carbonyl (C=O) groups excluding carboxylic acids is 1. The van der Waals surface area contributed by atoms with Gasteiger partial charge in [-0.15, -0.1) is 0 Å². The Morgan fingerprint density at radius 3 is 2.66 bits per heavy atom. The van der Waals surface area contributed by atoms with E-state index in [2.05, 4.69) is 4.98 Å². The number of hydrogen-bond acceptors (Lipinski definition) is 6. The second-order valence-electron chi connectivity index (χ2n) is 7.86. The third-order valence-corrected chi connectivity index (χ3v) is 6.00. The lowest BCUT2D eigenvalue weighted by atomic mass is 9.73. The summed E-state index contributed by atoms with van der Waals surface area (Å²) in [4.78, 5) is 19.3. The molecule has 0 saturated heterocycles. The van der Waals surface area contributed by atoms with Gasteiger partial charge in [0.2, 0.25) is 18.5 Å². The van der Waals surface area contributed by atoms with Gasteiger partial charge in [0.15, 0.2) is 11.5 Å². The van der Waals surface area contributed by atoms with Crippen LogP contribution in [0.1, 0.15) is 29.2 Å². The van der Waals surface area contributed by atoms with Crippen molar-refractivity contribution in [2.75, 3.05) is 18.3 Å². The summed E-state index contributed by atoms with van der Waals surface area (Å²) < 4.78 is 60.5. The van der Waals surface area contributed by atoms with Gasteiger partial charge in [-0.25, -0.2) is 0 Å². The molecule has 0 N–H and O–H groups in total. The Labute approximate surface area is 179 Å². The van der Waals surface area contributed by atoms with Crippen LogP contribution < -0.4 is 19.1 Å². The lowest BCUT2D eigenvalue weighted by molar-refractivity contribution is -0.153. The first kappa shape index (κ1) is 19.0. The van der Waals surface area contributed by atoms with Crippen molar-refractivity contribution in [3.8, 4) is 17.2 Å². The monoisotopic (exact) mass is 444 g/mol. The number of hydrogen-bond donors (Lipinski definition) is 0. The van der Waals surface area contributed by atoms with Gasteiger partial charge in [-0.3, -0.25) is 9.78 Å². The molecule has 0 saturated carbocycles. The second-order valence-corrected chi connectivity index (χ2v) is 7.86. The summed E-state index contributed by atoms with van der Waals surface area (Å²) in [6.07, 6.45) is -2.94. The van der Waals surface area contributed by atoms with E-state index in [1.54, 1.807) is 24.4 Å². The van der Waals surface area contributed by atoms with Gasteiger partial charge in [-0.05, 0) is 30.3 Å². The van der Waals surface area contributed by atoms with Crippen LogP contribution in [-0.2, 0) is 22.9 Å². The third kappa shape index (κ3) is 2.68. The molecule has 3 aliphatic heterocycles. The van der Waals surface area contributed by atoms with Gasteiger partial charge in [-0.1, -0.05) is 0 Å². The number of pyridine rings is 1. The molecule has 1 unspecified atom stereocenters. The van der Waals surface area contributed by atoms with E-state index in [0.29, 0.717) is 28.6 Å². The highest BCUT2D eigenvalue weighted by molar-refractivity contribution is 5.98. The van der Waals surface area contributed by atoms with E-state index >= 15 is 0 Å². The summed E-state index contributed by atoms with van der Waals surface area (Å²) >= 11 is 0. The van der Waals surface area contributed by atoms with Crippen LogP contribution >= 0.6 is 0 Å². The summed E-state index contributed by atoms with van der Waals surface area (Å²) in [6, 6.07) is 9.04. The Bertz CT molecular complexity index is 1250. The number of benzene rings is 1. The summed E-state index contributed by atoms with van der Waals surface area (Å²) in [5.74, 6) is 0.384. The van der Waals surface area contributed by atoms with Gasteiger partial charge in [0.1, 0.15) is 18.1 Å². The highest BCUT2D eigenvalue weighted by Gasteiger charge is 2.52. The molecule has 2 aromatic heterocycles. The molecule has 5 heterocycles. The fourth-order valence-electron chi connectivity index (χ4n) is 4.54. The van der Waals surface area contributed by atoms with E-state index in [9.17, 15) is 18.0 Å². The average Bonchev–Trinajstić information content (AvgIpc) is 3.49. The second kappa shape index (κ2) is 6.41. The maximum atomic E-state index is 13.3. The van der Waals surface area contributed by atoms with Crippen molar-refractivity contribution in [1.29, 1.82) is 0 Å². The van der Waals surface area contributed by atoms with E-state index in [0.717, 1.165) is 11.6 Å². The molecule has 1 spiro atoms. The number of rotatable bonds is 2. The Kier molecular flexibility index (Phi) is 3.81. The van der Waals surface area contributed by atoms with Crippen LogP contribution in [0.3, 0.4) is 0 Å². The van der Waals surface area contributed by atoms with Crippen molar-refractivity contribution < 1.29 is 36.6 Å². The number of nitrogens with zero attached hydrogens (tertiary/aromatic N) is 2. The first-order valence-electron chi connectivity index (χ1n) is 9.84. The van der Waals surface area contributed by atoms with Crippen LogP contribution in [0.25, 0.3) is 0 Å². The number of anilines is 1. The summed E-state index contributed by atoms with van der Waals surface area (Å²) in [5.41, 5.74) is 1.05. The van der Waals surface area contributed by atoms with Gasteiger partial charge in [0, 0.05) is 24.2 Å². The topological polar surface area (TPSA) is 74.0 Å². The van der Waals surface area contributed by atoms with Crippen molar-refractivity contribution in [2.45, 2.75) is 24.6 Å². The molecule has 3 aromatic rings. The van der Waals surface area contributed by atoms with Crippen molar-refractivity contribution >= 4 is 11.6 Å². The number of halogens is 3. The summed E-state index contributed by atoms with van der Waals surface area (Å²) in [5, 5.41) is 0. The lowest BCUT2D eigenvalue weighted by Gasteiger charge is -2.38. The molecule has 1 aromatic carbocycles. The molecule has 0 radical (unpaired) electrons. The minimum Gasteiger partial charge on any atom is -0.492 e. The highest BCUT2D eigenvalue weighted by atomic mass is 19.4. The predicted molar refractivity (Wildman–Crippen MR) is 103 cm³/mol. The number of amides is 1. The standard InChI is InChI=1S/C22H15F3N2O5/c23-22(24,25)18-4-3-12(32-18)9-27-14-2-1-5-26-20(14)21(8-19(27)28)10-29-15-7-17-16(6-13(15)21)30-11-31-17/h1-7H,8-11H2. The van der Waals surface area contributed by atoms with E-state index in [4.69, 9.17) is 18.6 Å². The number of furan rings is 1. The molecule has 164 valence electrons. The zero-order valence-electron chi connectivity index (χ0n) is 16.4. The van der Waals surface area contributed by atoms with Crippen molar-refractivity contribution in [3.05, 3.63) is 65.4 Å². The van der Waals surface area contributed by atoms with Gasteiger partial charge < -0.3 is 23.5 Å². The smallest absolute Gasteiger partial charge is 0.449 e. The van der Waals surface area contributed by atoms with Crippen LogP contribution in [0.4, 0.5) is 18.9 Å². The summed E-state index contributed by atoms with van der Waals surface area (Å²) in [7, 11) is 0. The average molecular weight is 444 g/mol. The molecule has 32 heavy (non-hydrogen) atoms. The molecule has 6 rings (SSSR count). The fraction of sp³-hybridized carbons (Fsp3) is 0.273. The minimum atomic E-state index is -4.59. The molecule has 1 amide bonds. The highest BCUT2D eigenvalue weighted by Crippen LogP contribution is 2.54. The van der Waals surface area contributed by atoms with Gasteiger partial charge in [-0.2, -0.15) is 13.2 Å². The summed E-state index contributed by atoms with van der Waals surface area (Å²) in [6.45, 7) is 0.169. The molecular formula is C22H15F3N2O5. The number of carbonyl (C=O) groups is 1. The largest absolute Gasteiger partial charge is 0.492 e. The maximum Gasteiger partial charge on any atom is 0.449 e. The molecule has 1 atom stereocenters. The Balaban J connectivity index is 1.42.